The lowest BCUT2D eigenvalue weighted by atomic mass is 9.92. The van der Waals surface area contributed by atoms with Crippen LogP contribution in [0.5, 0.6) is 5.75 Å². The maximum atomic E-state index is 13.2. The number of carbonyl (C=O) groups is 1. The van der Waals surface area contributed by atoms with E-state index in [2.05, 4.69) is 5.92 Å². The summed E-state index contributed by atoms with van der Waals surface area (Å²) in [6.07, 6.45) is 8.93. The van der Waals surface area contributed by atoms with E-state index in [0.29, 0.717) is 25.3 Å². The smallest absolute Gasteiger partial charge is 0.288 e. The fourth-order valence-corrected chi connectivity index (χ4v) is 6.11. The minimum absolute atomic E-state index is 0.00453. The molecular formula is C29H34N2O7S. The minimum Gasteiger partial charge on any atom is -0.497 e. The van der Waals surface area contributed by atoms with Crippen LogP contribution in [-0.4, -0.2) is 81.4 Å². The van der Waals surface area contributed by atoms with Crippen LogP contribution in [0.1, 0.15) is 36.3 Å². The fourth-order valence-electron chi connectivity index (χ4n) is 4.69. The van der Waals surface area contributed by atoms with E-state index in [4.69, 9.17) is 20.6 Å². The second-order valence-corrected chi connectivity index (χ2v) is 11.3. The zero-order valence-corrected chi connectivity index (χ0v) is 22.8. The molecule has 2 atom stereocenters. The van der Waals surface area contributed by atoms with Crippen molar-refractivity contribution in [1.29, 1.82) is 0 Å². The van der Waals surface area contributed by atoms with Crippen LogP contribution >= 0.6 is 0 Å². The van der Waals surface area contributed by atoms with Gasteiger partial charge in [-0.1, -0.05) is 18.1 Å². The number of carbonyl (C=O) groups excluding carboxylic acids is 1. The van der Waals surface area contributed by atoms with Crippen molar-refractivity contribution < 1.29 is 32.5 Å². The number of ether oxygens (including phenoxy) is 3. The Labute approximate surface area is 230 Å². The van der Waals surface area contributed by atoms with Crippen molar-refractivity contribution >= 4 is 15.9 Å². The molecule has 0 radical (unpaired) electrons. The number of nitrogens with zero attached hydrogens (tertiary/aromatic N) is 2. The number of terminal acetylenes is 1. The van der Waals surface area contributed by atoms with Crippen LogP contribution in [0.25, 0.3) is 0 Å². The summed E-state index contributed by atoms with van der Waals surface area (Å²) in [5.74, 6) is 3.06. The summed E-state index contributed by atoms with van der Waals surface area (Å²) in [7, 11) is -2.38. The lowest BCUT2D eigenvalue weighted by Crippen LogP contribution is -2.38. The summed E-state index contributed by atoms with van der Waals surface area (Å²) < 4.78 is 44.6. The average molecular weight is 555 g/mol. The van der Waals surface area contributed by atoms with Gasteiger partial charge in [-0.3, -0.25) is 4.79 Å². The second kappa shape index (κ2) is 13.1. The third kappa shape index (κ3) is 6.99. The molecule has 10 heteroatoms. The maximum Gasteiger partial charge on any atom is 0.288 e. The highest BCUT2D eigenvalue weighted by atomic mass is 32.2. The largest absolute Gasteiger partial charge is 0.497 e. The van der Waals surface area contributed by atoms with Crippen molar-refractivity contribution in [2.24, 2.45) is 0 Å². The molecular weight excluding hydrogens is 520 g/mol. The number of hydrogen-bond acceptors (Lipinski definition) is 7. The molecule has 0 unspecified atom stereocenters. The Morgan fingerprint density at radius 2 is 1.82 bits per heavy atom. The summed E-state index contributed by atoms with van der Waals surface area (Å²) in [5, 5.41) is 9.52. The van der Waals surface area contributed by atoms with Gasteiger partial charge in [0.25, 0.3) is 5.91 Å². The van der Waals surface area contributed by atoms with Crippen LogP contribution in [0.15, 0.2) is 65.3 Å². The summed E-state index contributed by atoms with van der Waals surface area (Å²) in [6.45, 7) is 0.940. The molecule has 0 saturated carbocycles. The molecule has 0 spiro atoms. The number of methoxy groups -OCH3 is 1. The molecule has 0 aliphatic carbocycles. The molecule has 2 aromatic rings. The monoisotopic (exact) mass is 554 g/mol. The van der Waals surface area contributed by atoms with Gasteiger partial charge in [-0.15, -0.1) is 6.42 Å². The van der Waals surface area contributed by atoms with Gasteiger partial charge in [-0.05, 0) is 60.9 Å². The minimum atomic E-state index is -3.88. The normalized spacial score (nSPS) is 19.3. The van der Waals surface area contributed by atoms with Crippen molar-refractivity contribution in [3.8, 4) is 18.1 Å². The number of rotatable bonds is 11. The highest BCUT2D eigenvalue weighted by molar-refractivity contribution is 7.89. The first kappa shape index (κ1) is 28.6. The van der Waals surface area contributed by atoms with Crippen molar-refractivity contribution in [3.05, 3.63) is 71.5 Å². The van der Waals surface area contributed by atoms with Crippen molar-refractivity contribution in [1.82, 2.24) is 9.21 Å². The molecule has 2 aliphatic rings. The predicted molar refractivity (Wildman–Crippen MR) is 145 cm³/mol. The first-order valence-corrected chi connectivity index (χ1v) is 14.4. The Bertz CT molecular complexity index is 1290. The van der Waals surface area contributed by atoms with Crippen LogP contribution in [-0.2, 0) is 24.3 Å². The van der Waals surface area contributed by atoms with Crippen LogP contribution in [0.3, 0.4) is 0 Å². The molecule has 208 valence electrons. The number of aliphatic hydroxyl groups is 1. The van der Waals surface area contributed by atoms with Gasteiger partial charge in [-0.2, -0.15) is 4.31 Å². The highest BCUT2D eigenvalue weighted by Gasteiger charge is 2.32. The molecule has 1 saturated heterocycles. The Balaban J connectivity index is 1.46. The van der Waals surface area contributed by atoms with E-state index in [-0.39, 0.29) is 48.8 Å². The second-order valence-electron chi connectivity index (χ2n) is 9.36. The number of allylic oxidation sites excluding steroid dienone is 1. The first-order valence-electron chi connectivity index (χ1n) is 13.0. The first-order chi connectivity index (χ1) is 18.8. The standard InChI is InChI=1S/C29H34N2O7S/c1-3-22-6-8-23(9-7-22)24-20-27(29(33)30-14-4-5-15-30)38-28(21-24)37-19-17-31(16-18-32)39(34,35)26-12-10-25(36-2)11-13-26/h1,6-13,20,24,28,32H,4-5,14-19,21H2,2H3/t24-,28+/m1/s1. The third-order valence-corrected chi connectivity index (χ3v) is 8.77. The van der Waals surface area contributed by atoms with Gasteiger partial charge in [0.1, 0.15) is 5.75 Å². The molecule has 2 heterocycles. The molecule has 4 rings (SSSR count). The van der Waals surface area contributed by atoms with E-state index in [1.807, 2.05) is 30.3 Å². The van der Waals surface area contributed by atoms with E-state index in [9.17, 15) is 18.3 Å². The molecule has 39 heavy (non-hydrogen) atoms. The zero-order chi connectivity index (χ0) is 27.8. The van der Waals surface area contributed by atoms with E-state index < -0.39 is 16.3 Å². The van der Waals surface area contributed by atoms with E-state index in [0.717, 1.165) is 24.0 Å². The van der Waals surface area contributed by atoms with Crippen LogP contribution in [0.2, 0.25) is 0 Å². The number of aliphatic hydroxyl groups excluding tert-OH is 1. The molecule has 1 N–H and O–H groups in total. The SMILES string of the molecule is C#Cc1ccc([C@@H]2C=C(C(=O)N3CCCC3)O[C@H](OCCN(CCO)S(=O)(=O)c3ccc(OC)cc3)C2)cc1. The van der Waals surface area contributed by atoms with Gasteiger partial charge in [0.05, 0.1) is 25.2 Å². The average Bonchev–Trinajstić information content (AvgIpc) is 3.51. The lowest BCUT2D eigenvalue weighted by Gasteiger charge is -2.31. The van der Waals surface area contributed by atoms with Gasteiger partial charge in [-0.25, -0.2) is 8.42 Å². The molecule has 2 aromatic carbocycles. The van der Waals surface area contributed by atoms with E-state index in [1.165, 1.54) is 23.5 Å². The Kier molecular flexibility index (Phi) is 9.64. The summed E-state index contributed by atoms with van der Waals surface area (Å²) in [6, 6.07) is 13.6. The molecule has 2 aliphatic heterocycles. The molecule has 1 amide bonds. The molecule has 1 fully saturated rings. The summed E-state index contributed by atoms with van der Waals surface area (Å²) >= 11 is 0. The third-order valence-electron chi connectivity index (χ3n) is 6.86. The van der Waals surface area contributed by atoms with Gasteiger partial charge < -0.3 is 24.2 Å². The highest BCUT2D eigenvalue weighted by Crippen LogP contribution is 2.33. The predicted octanol–water partition coefficient (Wildman–Crippen LogP) is 2.71. The summed E-state index contributed by atoms with van der Waals surface area (Å²) in [4.78, 5) is 15.0. The number of amides is 1. The zero-order valence-electron chi connectivity index (χ0n) is 22.0. The quantitative estimate of drug-likeness (QED) is 0.426. The van der Waals surface area contributed by atoms with Gasteiger partial charge in [0.15, 0.2) is 5.76 Å². The fraction of sp³-hybridized carbons (Fsp3) is 0.414. The number of sulfonamides is 1. The number of hydrogen-bond donors (Lipinski definition) is 1. The van der Waals surface area contributed by atoms with Crippen LogP contribution in [0, 0.1) is 12.3 Å². The van der Waals surface area contributed by atoms with E-state index >= 15 is 0 Å². The van der Waals surface area contributed by atoms with Crippen LogP contribution in [0.4, 0.5) is 0 Å². The van der Waals surface area contributed by atoms with E-state index in [1.54, 1.807) is 17.0 Å². The van der Waals surface area contributed by atoms with Crippen LogP contribution < -0.4 is 4.74 Å². The van der Waals surface area contributed by atoms with Gasteiger partial charge >= 0.3 is 0 Å². The number of likely N-dealkylation sites (tertiary alicyclic amines) is 1. The topological polar surface area (TPSA) is 106 Å². The molecule has 9 nitrogen and oxygen atoms in total. The maximum absolute atomic E-state index is 13.2. The Morgan fingerprint density at radius 1 is 1.13 bits per heavy atom. The van der Waals surface area contributed by atoms with Crippen molar-refractivity contribution in [3.63, 3.8) is 0 Å². The van der Waals surface area contributed by atoms with Crippen molar-refractivity contribution in [2.75, 3.05) is 46.5 Å². The Hall–Kier alpha value is -3.36. The number of benzene rings is 2. The van der Waals surface area contributed by atoms with Gasteiger partial charge in [0, 0.05) is 44.1 Å². The van der Waals surface area contributed by atoms with Crippen molar-refractivity contribution in [2.45, 2.75) is 36.4 Å². The van der Waals surface area contributed by atoms with Gasteiger partial charge in [0.2, 0.25) is 16.3 Å². The molecule has 0 bridgehead atoms. The Morgan fingerprint density at radius 3 is 2.44 bits per heavy atom. The molecule has 0 aromatic heterocycles. The summed E-state index contributed by atoms with van der Waals surface area (Å²) in [5.41, 5.74) is 1.74. The lowest BCUT2D eigenvalue weighted by molar-refractivity contribution is -0.152.